The van der Waals surface area contributed by atoms with E-state index in [-0.39, 0.29) is 0 Å². The first kappa shape index (κ1) is 16.3. The first-order valence-electron chi connectivity index (χ1n) is 9.15. The van der Waals surface area contributed by atoms with Gasteiger partial charge in [0.2, 0.25) is 0 Å². The van der Waals surface area contributed by atoms with Gasteiger partial charge >= 0.3 is 0 Å². The van der Waals surface area contributed by atoms with E-state index in [9.17, 15) is 0 Å². The number of likely N-dealkylation sites (tertiary alicyclic amines) is 1. The number of hydrogen-bond acceptors (Lipinski definition) is 3. The summed E-state index contributed by atoms with van der Waals surface area (Å²) in [5.74, 6) is 3.16. The number of hydrogen-bond donors (Lipinski definition) is 1. The maximum atomic E-state index is 4.86. The summed E-state index contributed by atoms with van der Waals surface area (Å²) in [7, 11) is 0. The Bertz CT molecular complexity index is 557. The van der Waals surface area contributed by atoms with Gasteiger partial charge in [0.25, 0.3) is 0 Å². The standard InChI is InChI=1S/C17H30N6/c1-4-17(5-2)9-11-22(13-17)16(18-6-3)19-12-15-21-20-14-8-7-10-23(14)15/h4-13H2,1-3H3,(H,18,19). The molecule has 0 amide bonds. The van der Waals surface area contributed by atoms with Crippen LogP contribution in [0.4, 0.5) is 0 Å². The maximum absolute atomic E-state index is 4.86. The van der Waals surface area contributed by atoms with Crippen LogP contribution in [-0.4, -0.2) is 45.3 Å². The number of nitrogens with zero attached hydrogens (tertiary/aromatic N) is 5. The summed E-state index contributed by atoms with van der Waals surface area (Å²) >= 11 is 0. The molecular formula is C17H30N6. The highest BCUT2D eigenvalue weighted by atomic mass is 15.3. The molecule has 1 aromatic rings. The van der Waals surface area contributed by atoms with Gasteiger partial charge in [-0.25, -0.2) is 4.99 Å². The largest absolute Gasteiger partial charge is 0.357 e. The third-order valence-electron chi connectivity index (χ3n) is 5.63. The van der Waals surface area contributed by atoms with E-state index in [1.807, 2.05) is 0 Å². The van der Waals surface area contributed by atoms with Crippen molar-refractivity contribution in [3.05, 3.63) is 11.6 Å². The number of fused-ring (bicyclic) bond motifs is 1. The summed E-state index contributed by atoms with van der Waals surface area (Å²) in [6, 6.07) is 0. The van der Waals surface area contributed by atoms with Crippen molar-refractivity contribution in [3.63, 3.8) is 0 Å². The molecule has 1 saturated heterocycles. The summed E-state index contributed by atoms with van der Waals surface area (Å²) < 4.78 is 2.24. The van der Waals surface area contributed by atoms with E-state index in [0.717, 1.165) is 50.2 Å². The van der Waals surface area contributed by atoms with Gasteiger partial charge in [0.05, 0.1) is 0 Å². The molecule has 0 radical (unpaired) electrons. The van der Waals surface area contributed by atoms with E-state index in [2.05, 4.69) is 45.8 Å². The molecule has 2 aliphatic rings. The van der Waals surface area contributed by atoms with E-state index in [4.69, 9.17) is 4.99 Å². The Kier molecular flexibility index (Phi) is 4.87. The zero-order valence-corrected chi connectivity index (χ0v) is 14.8. The molecule has 23 heavy (non-hydrogen) atoms. The first-order valence-corrected chi connectivity index (χ1v) is 9.15. The molecule has 0 atom stereocenters. The minimum absolute atomic E-state index is 0.465. The molecule has 1 N–H and O–H groups in total. The smallest absolute Gasteiger partial charge is 0.194 e. The van der Waals surface area contributed by atoms with Crippen LogP contribution in [0.2, 0.25) is 0 Å². The van der Waals surface area contributed by atoms with Crippen molar-refractivity contribution in [2.75, 3.05) is 19.6 Å². The van der Waals surface area contributed by atoms with Crippen LogP contribution in [0.5, 0.6) is 0 Å². The number of aromatic nitrogens is 3. The summed E-state index contributed by atoms with van der Waals surface area (Å²) in [5, 5.41) is 12.1. The molecule has 0 saturated carbocycles. The van der Waals surface area contributed by atoms with Crippen LogP contribution in [0.15, 0.2) is 4.99 Å². The van der Waals surface area contributed by atoms with Gasteiger partial charge in [-0.2, -0.15) is 0 Å². The van der Waals surface area contributed by atoms with Gasteiger partial charge in [0, 0.05) is 32.6 Å². The van der Waals surface area contributed by atoms with Crippen LogP contribution in [0.1, 0.15) is 58.1 Å². The predicted molar refractivity (Wildman–Crippen MR) is 92.4 cm³/mol. The second kappa shape index (κ2) is 6.89. The van der Waals surface area contributed by atoms with Gasteiger partial charge in [-0.3, -0.25) is 0 Å². The molecule has 3 heterocycles. The van der Waals surface area contributed by atoms with Crippen molar-refractivity contribution in [2.24, 2.45) is 10.4 Å². The third-order valence-corrected chi connectivity index (χ3v) is 5.63. The van der Waals surface area contributed by atoms with Crippen LogP contribution in [-0.2, 0) is 19.5 Å². The molecule has 6 heteroatoms. The van der Waals surface area contributed by atoms with E-state index in [1.54, 1.807) is 0 Å². The summed E-state index contributed by atoms with van der Waals surface area (Å²) in [6.45, 7) is 11.5. The molecule has 3 rings (SSSR count). The monoisotopic (exact) mass is 318 g/mol. The second-order valence-electron chi connectivity index (χ2n) is 6.84. The fourth-order valence-electron chi connectivity index (χ4n) is 3.84. The third kappa shape index (κ3) is 3.21. The lowest BCUT2D eigenvalue weighted by molar-refractivity contribution is 0.276. The fraction of sp³-hybridized carbons (Fsp3) is 0.824. The molecular weight excluding hydrogens is 288 g/mol. The average Bonchev–Trinajstić information content (AvgIpc) is 3.27. The maximum Gasteiger partial charge on any atom is 0.194 e. The van der Waals surface area contributed by atoms with E-state index < -0.39 is 0 Å². The van der Waals surface area contributed by atoms with Gasteiger partial charge in [-0.15, -0.1) is 10.2 Å². The Labute approximate surface area is 139 Å². The molecule has 1 fully saturated rings. The molecule has 0 aromatic carbocycles. The normalized spacial score (nSPS) is 20.1. The van der Waals surface area contributed by atoms with Gasteiger partial charge in [0.1, 0.15) is 12.4 Å². The second-order valence-corrected chi connectivity index (χ2v) is 6.84. The fourth-order valence-corrected chi connectivity index (χ4v) is 3.84. The lowest BCUT2D eigenvalue weighted by Gasteiger charge is -2.28. The Balaban J connectivity index is 1.71. The highest BCUT2D eigenvalue weighted by molar-refractivity contribution is 5.80. The van der Waals surface area contributed by atoms with Gasteiger partial charge in [-0.05, 0) is 38.0 Å². The first-order chi connectivity index (χ1) is 11.2. The van der Waals surface area contributed by atoms with Gasteiger partial charge in [0.15, 0.2) is 11.8 Å². The molecule has 1 aromatic heterocycles. The molecule has 128 valence electrons. The highest BCUT2D eigenvalue weighted by Crippen LogP contribution is 2.36. The molecule has 0 spiro atoms. The molecule has 0 bridgehead atoms. The number of aryl methyl sites for hydroxylation is 1. The van der Waals surface area contributed by atoms with Crippen LogP contribution in [0.3, 0.4) is 0 Å². The van der Waals surface area contributed by atoms with E-state index in [0.29, 0.717) is 12.0 Å². The number of nitrogens with one attached hydrogen (secondary N) is 1. The van der Waals surface area contributed by atoms with Crippen LogP contribution < -0.4 is 5.32 Å². The summed E-state index contributed by atoms with van der Waals surface area (Å²) in [5.41, 5.74) is 0.465. The molecule has 0 aliphatic carbocycles. The number of aliphatic imine (C=N–C) groups is 1. The van der Waals surface area contributed by atoms with Crippen molar-refractivity contribution in [1.82, 2.24) is 25.0 Å². The zero-order valence-electron chi connectivity index (χ0n) is 14.8. The molecule has 6 nitrogen and oxygen atoms in total. The Morgan fingerprint density at radius 3 is 2.74 bits per heavy atom. The van der Waals surface area contributed by atoms with Crippen molar-refractivity contribution in [3.8, 4) is 0 Å². The zero-order chi connectivity index (χ0) is 16.3. The summed E-state index contributed by atoms with van der Waals surface area (Å²) in [4.78, 5) is 7.29. The Morgan fingerprint density at radius 1 is 1.22 bits per heavy atom. The van der Waals surface area contributed by atoms with Gasteiger partial charge < -0.3 is 14.8 Å². The topological polar surface area (TPSA) is 58.3 Å². The Hall–Kier alpha value is -1.59. The number of rotatable bonds is 5. The van der Waals surface area contributed by atoms with E-state index >= 15 is 0 Å². The van der Waals surface area contributed by atoms with Crippen molar-refractivity contribution in [2.45, 2.75) is 66.0 Å². The van der Waals surface area contributed by atoms with Crippen molar-refractivity contribution < 1.29 is 0 Å². The lowest BCUT2D eigenvalue weighted by Crippen LogP contribution is -2.41. The van der Waals surface area contributed by atoms with Crippen LogP contribution in [0, 0.1) is 5.41 Å². The Morgan fingerprint density at radius 2 is 2.04 bits per heavy atom. The van der Waals surface area contributed by atoms with E-state index in [1.165, 1.54) is 25.7 Å². The van der Waals surface area contributed by atoms with Crippen molar-refractivity contribution >= 4 is 5.96 Å². The molecule has 2 aliphatic heterocycles. The van der Waals surface area contributed by atoms with Gasteiger partial charge in [-0.1, -0.05) is 13.8 Å². The van der Waals surface area contributed by atoms with Crippen LogP contribution in [0.25, 0.3) is 0 Å². The number of guanidine groups is 1. The highest BCUT2D eigenvalue weighted by Gasteiger charge is 2.36. The quantitative estimate of drug-likeness (QED) is 0.668. The minimum Gasteiger partial charge on any atom is -0.357 e. The van der Waals surface area contributed by atoms with Crippen LogP contribution >= 0.6 is 0 Å². The lowest BCUT2D eigenvalue weighted by atomic mass is 9.82. The van der Waals surface area contributed by atoms with Crippen molar-refractivity contribution in [1.29, 1.82) is 0 Å². The predicted octanol–water partition coefficient (Wildman–Crippen LogP) is 2.20. The average molecular weight is 318 g/mol. The summed E-state index contributed by atoms with van der Waals surface area (Å²) in [6.07, 6.45) is 6.00. The SMILES string of the molecule is CCNC(=NCc1nnc2n1CCC2)N1CCC(CC)(CC)C1. The minimum atomic E-state index is 0.465. The molecule has 0 unspecified atom stereocenters.